The number of carboxylic acids is 1. The summed E-state index contributed by atoms with van der Waals surface area (Å²) in [5, 5.41) is 8.95. The smallest absolute Gasteiger partial charge is 0.321 e. The van der Waals surface area contributed by atoms with Crippen molar-refractivity contribution in [1.29, 1.82) is 0 Å². The molecule has 1 aliphatic rings. The third kappa shape index (κ3) is 3.19. The zero-order valence-corrected chi connectivity index (χ0v) is 8.85. The van der Waals surface area contributed by atoms with E-state index >= 15 is 0 Å². The van der Waals surface area contributed by atoms with E-state index < -0.39 is 5.97 Å². The summed E-state index contributed by atoms with van der Waals surface area (Å²) in [7, 11) is 0. The van der Waals surface area contributed by atoms with Crippen molar-refractivity contribution in [3.05, 3.63) is 0 Å². The molecular weight excluding hydrogens is 186 g/mol. The van der Waals surface area contributed by atoms with E-state index in [1.54, 1.807) is 11.8 Å². The lowest BCUT2D eigenvalue weighted by Gasteiger charge is -2.32. The second-order valence-corrected chi connectivity index (χ2v) is 4.47. The largest absolute Gasteiger partial charge is 0.480 e. The van der Waals surface area contributed by atoms with Crippen LogP contribution in [0, 0.1) is 0 Å². The molecule has 0 aromatic carbocycles. The van der Waals surface area contributed by atoms with Crippen LogP contribution in [0.25, 0.3) is 0 Å². The molecule has 0 spiro atoms. The SMILES string of the molecule is CCCCN1CCSCC1C(=O)O. The molecule has 0 aliphatic carbocycles. The Morgan fingerprint density at radius 1 is 1.69 bits per heavy atom. The van der Waals surface area contributed by atoms with Crippen molar-refractivity contribution in [3.63, 3.8) is 0 Å². The Kier molecular flexibility index (Phi) is 4.59. The van der Waals surface area contributed by atoms with Gasteiger partial charge in [-0.3, -0.25) is 9.69 Å². The Morgan fingerprint density at radius 2 is 2.46 bits per heavy atom. The first-order valence-electron chi connectivity index (χ1n) is 4.80. The molecule has 0 saturated carbocycles. The molecule has 0 amide bonds. The van der Waals surface area contributed by atoms with Gasteiger partial charge in [-0.1, -0.05) is 13.3 Å². The Balaban J connectivity index is 2.41. The van der Waals surface area contributed by atoms with Crippen molar-refractivity contribution < 1.29 is 9.90 Å². The van der Waals surface area contributed by atoms with Crippen LogP contribution in [0.1, 0.15) is 19.8 Å². The van der Waals surface area contributed by atoms with Crippen LogP contribution in [0.15, 0.2) is 0 Å². The standard InChI is InChI=1S/C9H17NO2S/c1-2-3-4-10-5-6-13-7-8(10)9(11)12/h8H,2-7H2,1H3,(H,11,12). The minimum absolute atomic E-state index is 0.245. The Morgan fingerprint density at radius 3 is 3.08 bits per heavy atom. The van der Waals surface area contributed by atoms with E-state index in [4.69, 9.17) is 5.11 Å². The van der Waals surface area contributed by atoms with Gasteiger partial charge in [0, 0.05) is 18.1 Å². The molecule has 1 aliphatic heterocycles. The predicted molar refractivity (Wildman–Crippen MR) is 55.2 cm³/mol. The number of unbranched alkanes of at least 4 members (excludes halogenated alkanes) is 1. The van der Waals surface area contributed by atoms with Crippen LogP contribution in [-0.4, -0.2) is 46.6 Å². The average molecular weight is 203 g/mol. The summed E-state index contributed by atoms with van der Waals surface area (Å²) < 4.78 is 0. The number of carbonyl (C=O) groups is 1. The lowest BCUT2D eigenvalue weighted by atomic mass is 10.2. The number of nitrogens with zero attached hydrogens (tertiary/aromatic N) is 1. The number of hydrogen-bond donors (Lipinski definition) is 1. The van der Waals surface area contributed by atoms with Crippen molar-refractivity contribution in [3.8, 4) is 0 Å². The van der Waals surface area contributed by atoms with Crippen molar-refractivity contribution >= 4 is 17.7 Å². The van der Waals surface area contributed by atoms with Crippen molar-refractivity contribution in [2.24, 2.45) is 0 Å². The summed E-state index contributed by atoms with van der Waals surface area (Å²) in [5.41, 5.74) is 0. The van der Waals surface area contributed by atoms with Crippen LogP contribution in [0.4, 0.5) is 0 Å². The highest BCUT2D eigenvalue weighted by atomic mass is 32.2. The van der Waals surface area contributed by atoms with Gasteiger partial charge >= 0.3 is 5.97 Å². The summed E-state index contributed by atoms with van der Waals surface area (Å²) in [6.45, 7) is 4.00. The highest BCUT2D eigenvalue weighted by Gasteiger charge is 2.27. The van der Waals surface area contributed by atoms with Gasteiger partial charge in [-0.2, -0.15) is 11.8 Å². The summed E-state index contributed by atoms with van der Waals surface area (Å²) in [6.07, 6.45) is 2.24. The fraction of sp³-hybridized carbons (Fsp3) is 0.889. The van der Waals surface area contributed by atoms with E-state index in [9.17, 15) is 4.79 Å². The molecule has 3 nitrogen and oxygen atoms in total. The zero-order valence-electron chi connectivity index (χ0n) is 8.03. The van der Waals surface area contributed by atoms with E-state index in [-0.39, 0.29) is 6.04 Å². The van der Waals surface area contributed by atoms with Crippen LogP contribution < -0.4 is 0 Å². The Bertz CT molecular complexity index is 175. The first-order chi connectivity index (χ1) is 6.25. The molecule has 1 fully saturated rings. The van der Waals surface area contributed by atoms with E-state index in [1.807, 2.05) is 0 Å². The molecule has 0 radical (unpaired) electrons. The first kappa shape index (κ1) is 10.9. The van der Waals surface area contributed by atoms with Crippen LogP contribution in [0.3, 0.4) is 0 Å². The van der Waals surface area contributed by atoms with Gasteiger partial charge < -0.3 is 5.11 Å². The van der Waals surface area contributed by atoms with Gasteiger partial charge in [-0.05, 0) is 13.0 Å². The third-order valence-corrected chi connectivity index (χ3v) is 3.35. The second-order valence-electron chi connectivity index (χ2n) is 3.32. The molecule has 0 aromatic rings. The van der Waals surface area contributed by atoms with Gasteiger partial charge in [-0.25, -0.2) is 0 Å². The monoisotopic (exact) mass is 203 g/mol. The van der Waals surface area contributed by atoms with Crippen molar-refractivity contribution in [1.82, 2.24) is 4.90 Å². The minimum Gasteiger partial charge on any atom is -0.480 e. The van der Waals surface area contributed by atoms with Gasteiger partial charge in [0.15, 0.2) is 0 Å². The highest BCUT2D eigenvalue weighted by Crippen LogP contribution is 2.16. The third-order valence-electron chi connectivity index (χ3n) is 2.32. The van der Waals surface area contributed by atoms with Gasteiger partial charge in [0.05, 0.1) is 0 Å². The molecule has 1 N–H and O–H groups in total. The first-order valence-corrected chi connectivity index (χ1v) is 5.95. The summed E-state index contributed by atoms with van der Waals surface area (Å²) in [6, 6.07) is -0.245. The lowest BCUT2D eigenvalue weighted by molar-refractivity contribution is -0.142. The van der Waals surface area contributed by atoms with E-state index in [0.29, 0.717) is 0 Å². The van der Waals surface area contributed by atoms with Crippen LogP contribution >= 0.6 is 11.8 Å². The molecule has 1 rings (SSSR count). The number of thioether (sulfide) groups is 1. The predicted octanol–water partition coefficient (Wildman–Crippen LogP) is 1.29. The molecule has 13 heavy (non-hydrogen) atoms. The minimum atomic E-state index is -0.664. The normalized spacial score (nSPS) is 24.5. The summed E-state index contributed by atoms with van der Waals surface area (Å²) in [5.74, 6) is 1.16. The maximum atomic E-state index is 10.9. The Labute approximate surface area is 83.5 Å². The van der Waals surface area contributed by atoms with Gasteiger partial charge in [0.2, 0.25) is 0 Å². The molecule has 4 heteroatoms. The molecule has 1 atom stereocenters. The second kappa shape index (κ2) is 5.50. The van der Waals surface area contributed by atoms with E-state index in [2.05, 4.69) is 11.8 Å². The van der Waals surface area contributed by atoms with Crippen molar-refractivity contribution in [2.75, 3.05) is 24.6 Å². The van der Waals surface area contributed by atoms with Crippen molar-refractivity contribution in [2.45, 2.75) is 25.8 Å². The highest BCUT2D eigenvalue weighted by molar-refractivity contribution is 7.99. The summed E-state index contributed by atoms with van der Waals surface area (Å²) in [4.78, 5) is 13.0. The lowest BCUT2D eigenvalue weighted by Crippen LogP contribution is -2.47. The number of carboxylic acid groups (broad SMARTS) is 1. The molecule has 1 saturated heterocycles. The van der Waals surface area contributed by atoms with E-state index in [0.717, 1.165) is 37.4 Å². The number of hydrogen-bond acceptors (Lipinski definition) is 3. The zero-order chi connectivity index (χ0) is 9.68. The molecule has 76 valence electrons. The fourth-order valence-electron chi connectivity index (χ4n) is 1.49. The molecular formula is C9H17NO2S. The topological polar surface area (TPSA) is 40.5 Å². The average Bonchev–Trinajstić information content (AvgIpc) is 2.15. The van der Waals surface area contributed by atoms with Gasteiger partial charge in [-0.15, -0.1) is 0 Å². The summed E-state index contributed by atoms with van der Waals surface area (Å²) >= 11 is 1.75. The maximum Gasteiger partial charge on any atom is 0.321 e. The van der Waals surface area contributed by atoms with Crippen LogP contribution in [0.2, 0.25) is 0 Å². The van der Waals surface area contributed by atoms with Crippen LogP contribution in [-0.2, 0) is 4.79 Å². The molecule has 0 aromatic heterocycles. The molecule has 1 heterocycles. The number of aliphatic carboxylic acids is 1. The quantitative estimate of drug-likeness (QED) is 0.747. The van der Waals surface area contributed by atoms with Crippen LogP contribution in [0.5, 0.6) is 0 Å². The molecule has 1 unspecified atom stereocenters. The fourth-order valence-corrected chi connectivity index (χ4v) is 2.60. The number of rotatable bonds is 4. The Hall–Kier alpha value is -0.220. The van der Waals surface area contributed by atoms with E-state index in [1.165, 1.54) is 0 Å². The van der Waals surface area contributed by atoms with Gasteiger partial charge in [0.1, 0.15) is 6.04 Å². The molecule has 0 bridgehead atoms. The maximum absolute atomic E-state index is 10.9. The van der Waals surface area contributed by atoms with Gasteiger partial charge in [0.25, 0.3) is 0 Å².